The van der Waals surface area contributed by atoms with E-state index in [1.807, 2.05) is 30.8 Å². The van der Waals surface area contributed by atoms with E-state index in [-0.39, 0.29) is 0 Å². The smallest absolute Gasteiger partial charge is 0.138 e. The lowest BCUT2D eigenvalue weighted by Gasteiger charge is -2.07. The number of hydrogen-bond acceptors (Lipinski definition) is 4. The summed E-state index contributed by atoms with van der Waals surface area (Å²) in [5.41, 5.74) is 8.42. The summed E-state index contributed by atoms with van der Waals surface area (Å²) in [5, 5.41) is 4.32. The molecular formula is C13H17BrN4O. The summed E-state index contributed by atoms with van der Waals surface area (Å²) in [4.78, 5) is 4.29. The third-order valence-corrected chi connectivity index (χ3v) is 3.87. The van der Waals surface area contributed by atoms with Crippen LogP contribution in [0.1, 0.15) is 17.1 Å². The number of rotatable bonds is 5. The van der Waals surface area contributed by atoms with Crippen molar-refractivity contribution in [3.05, 3.63) is 39.9 Å². The van der Waals surface area contributed by atoms with Crippen LogP contribution in [0.4, 0.5) is 0 Å². The normalized spacial score (nSPS) is 10.7. The van der Waals surface area contributed by atoms with Crippen molar-refractivity contribution in [1.82, 2.24) is 14.8 Å². The van der Waals surface area contributed by atoms with Crippen molar-refractivity contribution in [2.75, 3.05) is 6.54 Å². The molecule has 0 saturated carbocycles. The maximum absolute atomic E-state index is 5.72. The van der Waals surface area contributed by atoms with E-state index in [9.17, 15) is 0 Å². The molecule has 6 heteroatoms. The molecule has 0 aliphatic carbocycles. The molecule has 102 valence electrons. The second-order valence-corrected chi connectivity index (χ2v) is 5.08. The highest BCUT2D eigenvalue weighted by Crippen LogP contribution is 2.21. The lowest BCUT2D eigenvalue weighted by atomic mass is 10.3. The molecule has 0 aliphatic rings. The second-order valence-electron chi connectivity index (χ2n) is 4.28. The van der Waals surface area contributed by atoms with Gasteiger partial charge in [0, 0.05) is 19.2 Å². The molecule has 0 saturated heterocycles. The zero-order valence-electron chi connectivity index (χ0n) is 11.1. The van der Waals surface area contributed by atoms with Crippen molar-refractivity contribution in [2.45, 2.75) is 20.0 Å². The van der Waals surface area contributed by atoms with Crippen LogP contribution in [-0.2, 0) is 20.1 Å². The maximum Gasteiger partial charge on any atom is 0.138 e. The average Bonchev–Trinajstić information content (AvgIpc) is 2.64. The van der Waals surface area contributed by atoms with Gasteiger partial charge in [0.05, 0.1) is 22.1 Å². The lowest BCUT2D eigenvalue weighted by molar-refractivity contribution is 0.293. The Kier molecular flexibility index (Phi) is 4.55. The van der Waals surface area contributed by atoms with E-state index in [0.717, 1.165) is 33.7 Å². The van der Waals surface area contributed by atoms with Crippen LogP contribution in [0.15, 0.2) is 22.8 Å². The van der Waals surface area contributed by atoms with Crippen LogP contribution in [0.3, 0.4) is 0 Å². The Bertz CT molecular complexity index is 551. The van der Waals surface area contributed by atoms with E-state index in [1.54, 1.807) is 6.20 Å². The summed E-state index contributed by atoms with van der Waals surface area (Å²) < 4.78 is 8.52. The molecule has 5 nitrogen and oxygen atoms in total. The highest BCUT2D eigenvalue weighted by molar-refractivity contribution is 9.10. The number of aromatic nitrogens is 3. The highest BCUT2D eigenvalue weighted by Gasteiger charge is 2.11. The van der Waals surface area contributed by atoms with E-state index in [0.29, 0.717) is 13.2 Å². The first kappa shape index (κ1) is 14.0. The third-order valence-electron chi connectivity index (χ3n) is 2.84. The zero-order chi connectivity index (χ0) is 13.8. The average molecular weight is 325 g/mol. The Morgan fingerprint density at radius 3 is 2.74 bits per heavy atom. The second kappa shape index (κ2) is 6.16. The minimum Gasteiger partial charge on any atom is -0.486 e. The number of nitrogens with zero attached hydrogens (tertiary/aromatic N) is 3. The van der Waals surface area contributed by atoms with Crippen molar-refractivity contribution in [3.8, 4) is 5.75 Å². The van der Waals surface area contributed by atoms with Gasteiger partial charge in [-0.3, -0.25) is 9.67 Å². The largest absolute Gasteiger partial charge is 0.486 e. The molecule has 0 aliphatic heterocycles. The first-order valence-electron chi connectivity index (χ1n) is 6.07. The molecule has 2 aromatic rings. The van der Waals surface area contributed by atoms with Crippen LogP contribution in [0.2, 0.25) is 0 Å². The summed E-state index contributed by atoms with van der Waals surface area (Å²) in [6.45, 7) is 3.01. The van der Waals surface area contributed by atoms with Crippen molar-refractivity contribution >= 4 is 15.9 Å². The predicted octanol–water partition coefficient (Wildman–Crippen LogP) is 1.97. The van der Waals surface area contributed by atoms with Gasteiger partial charge in [-0.25, -0.2) is 0 Å². The van der Waals surface area contributed by atoms with Crippen LogP contribution in [-0.4, -0.2) is 21.3 Å². The Morgan fingerprint density at radius 1 is 1.42 bits per heavy atom. The molecule has 0 fully saturated rings. The van der Waals surface area contributed by atoms with Crippen LogP contribution in [0, 0.1) is 6.92 Å². The molecule has 0 unspecified atom stereocenters. The molecule has 2 aromatic heterocycles. The van der Waals surface area contributed by atoms with Crippen molar-refractivity contribution in [3.63, 3.8) is 0 Å². The molecular weight excluding hydrogens is 308 g/mol. The molecule has 0 spiro atoms. The van der Waals surface area contributed by atoms with Gasteiger partial charge in [-0.15, -0.1) is 0 Å². The topological polar surface area (TPSA) is 66.0 Å². The first-order chi connectivity index (χ1) is 9.11. The fraction of sp³-hybridized carbons (Fsp3) is 0.385. The fourth-order valence-corrected chi connectivity index (χ4v) is 2.23. The number of aryl methyl sites for hydroxylation is 2. The molecule has 19 heavy (non-hydrogen) atoms. The summed E-state index contributed by atoms with van der Waals surface area (Å²) in [5.74, 6) is 0.742. The quantitative estimate of drug-likeness (QED) is 0.913. The molecule has 0 atom stereocenters. The highest BCUT2D eigenvalue weighted by atomic mass is 79.9. The molecule has 0 bridgehead atoms. The minimum atomic E-state index is 0.454. The van der Waals surface area contributed by atoms with Gasteiger partial charge >= 0.3 is 0 Å². The van der Waals surface area contributed by atoms with Crippen molar-refractivity contribution < 1.29 is 4.74 Å². The number of halogens is 1. The fourth-order valence-electron chi connectivity index (χ4n) is 1.78. The molecule has 0 aromatic carbocycles. The lowest BCUT2D eigenvalue weighted by Crippen LogP contribution is -2.05. The van der Waals surface area contributed by atoms with Crippen molar-refractivity contribution in [2.24, 2.45) is 12.8 Å². The van der Waals surface area contributed by atoms with Gasteiger partial charge in [0.1, 0.15) is 12.4 Å². The Balaban J connectivity index is 2.02. The van der Waals surface area contributed by atoms with Gasteiger partial charge in [0.25, 0.3) is 0 Å². The zero-order valence-corrected chi connectivity index (χ0v) is 12.6. The van der Waals surface area contributed by atoms with E-state index >= 15 is 0 Å². The third kappa shape index (κ3) is 3.33. The van der Waals surface area contributed by atoms with E-state index in [4.69, 9.17) is 10.5 Å². The van der Waals surface area contributed by atoms with Crippen LogP contribution in [0.5, 0.6) is 5.75 Å². The van der Waals surface area contributed by atoms with E-state index < -0.39 is 0 Å². The van der Waals surface area contributed by atoms with Gasteiger partial charge in [0.2, 0.25) is 0 Å². The van der Waals surface area contributed by atoms with Gasteiger partial charge in [-0.05, 0) is 41.5 Å². The van der Waals surface area contributed by atoms with Crippen LogP contribution in [0.25, 0.3) is 0 Å². The molecule has 0 amide bonds. The first-order valence-corrected chi connectivity index (χ1v) is 6.87. The van der Waals surface area contributed by atoms with Gasteiger partial charge in [-0.2, -0.15) is 5.10 Å². The summed E-state index contributed by atoms with van der Waals surface area (Å²) in [7, 11) is 1.90. The van der Waals surface area contributed by atoms with Crippen molar-refractivity contribution in [1.29, 1.82) is 0 Å². The van der Waals surface area contributed by atoms with Crippen LogP contribution >= 0.6 is 15.9 Å². The standard InChI is InChI=1S/C13H17BrN4O/c1-9-13(14)12(18(2)17-9)8-19-11-4-3-10(5-6-15)16-7-11/h3-4,7H,5-6,8,15H2,1-2H3. The summed E-state index contributed by atoms with van der Waals surface area (Å²) in [6.07, 6.45) is 2.51. The predicted molar refractivity (Wildman–Crippen MR) is 77.0 cm³/mol. The van der Waals surface area contributed by atoms with Gasteiger partial charge in [-0.1, -0.05) is 0 Å². The number of nitrogens with two attached hydrogens (primary N) is 1. The summed E-state index contributed by atoms with van der Waals surface area (Å²) in [6, 6.07) is 3.85. The van der Waals surface area contributed by atoms with E-state index in [2.05, 4.69) is 26.0 Å². The molecule has 2 rings (SSSR count). The Morgan fingerprint density at radius 2 is 2.21 bits per heavy atom. The minimum absolute atomic E-state index is 0.454. The molecule has 2 N–H and O–H groups in total. The maximum atomic E-state index is 5.72. The summed E-state index contributed by atoms with van der Waals surface area (Å²) >= 11 is 3.51. The molecule has 2 heterocycles. The van der Waals surface area contributed by atoms with E-state index in [1.165, 1.54) is 0 Å². The molecule has 0 radical (unpaired) electrons. The van der Waals surface area contributed by atoms with Gasteiger partial charge in [0.15, 0.2) is 0 Å². The Labute approximate surface area is 120 Å². The number of hydrogen-bond donors (Lipinski definition) is 1. The SMILES string of the molecule is Cc1nn(C)c(COc2ccc(CCN)nc2)c1Br. The number of ether oxygens (including phenoxy) is 1. The Hall–Kier alpha value is -1.40. The number of pyridine rings is 1. The van der Waals surface area contributed by atoms with Crippen LogP contribution < -0.4 is 10.5 Å². The monoisotopic (exact) mass is 324 g/mol. The van der Waals surface area contributed by atoms with Gasteiger partial charge < -0.3 is 10.5 Å².